The Labute approximate surface area is 158 Å². The van der Waals surface area contributed by atoms with Crippen molar-refractivity contribution >= 4 is 17.3 Å². The van der Waals surface area contributed by atoms with Gasteiger partial charge in [0.25, 0.3) is 5.69 Å². The van der Waals surface area contributed by atoms with Crippen molar-refractivity contribution in [1.29, 1.82) is 0 Å². The van der Waals surface area contributed by atoms with Crippen LogP contribution in [0.5, 0.6) is 5.75 Å². The maximum absolute atomic E-state index is 12.5. The zero-order chi connectivity index (χ0) is 19.4. The summed E-state index contributed by atoms with van der Waals surface area (Å²) in [5.74, 6) is 0.107. The first-order chi connectivity index (χ1) is 13.0. The van der Waals surface area contributed by atoms with Gasteiger partial charge in [-0.05, 0) is 31.4 Å². The zero-order valence-electron chi connectivity index (χ0n) is 15.5. The van der Waals surface area contributed by atoms with Crippen LogP contribution in [0.3, 0.4) is 0 Å². The number of non-ortho nitro benzene ring substituents is 1. The zero-order valence-corrected chi connectivity index (χ0v) is 15.5. The molecule has 7 heteroatoms. The number of nitro groups is 1. The number of nitrogens with zero attached hydrogens (tertiary/aromatic N) is 2. The molecule has 3 rings (SSSR count). The number of rotatable bonds is 8. The third-order valence-corrected chi connectivity index (χ3v) is 4.59. The molecule has 0 spiro atoms. The molecule has 1 saturated carbocycles. The monoisotopic (exact) mass is 369 g/mol. The van der Waals surface area contributed by atoms with E-state index in [2.05, 4.69) is 34.5 Å². The molecule has 1 fully saturated rings. The van der Waals surface area contributed by atoms with Crippen molar-refractivity contribution in [3.8, 4) is 5.75 Å². The lowest BCUT2D eigenvalue weighted by atomic mass is 10.1. The number of ether oxygens (including phenoxy) is 1. The summed E-state index contributed by atoms with van der Waals surface area (Å²) in [6, 6.07) is 12.9. The molecule has 142 valence electrons. The summed E-state index contributed by atoms with van der Waals surface area (Å²) in [7, 11) is 1.42. The van der Waals surface area contributed by atoms with Gasteiger partial charge in [0.2, 0.25) is 5.91 Å². The standard InChI is InChI=1S/C20H23N3O4/c1-14-3-5-15(6-4-14)12-22(16-7-8-16)13-20(24)21-18-10-9-17(23(25)26)11-19(18)27-2/h3-6,9-11,16H,7-8,12-13H2,1-2H3,(H,21,24). The molecule has 7 nitrogen and oxygen atoms in total. The molecule has 0 radical (unpaired) electrons. The van der Waals surface area contributed by atoms with Crippen LogP contribution in [-0.4, -0.2) is 35.4 Å². The van der Waals surface area contributed by atoms with Gasteiger partial charge in [0.1, 0.15) is 5.75 Å². The minimum Gasteiger partial charge on any atom is -0.494 e. The maximum atomic E-state index is 12.5. The molecule has 1 aliphatic carbocycles. The Morgan fingerprint density at radius 3 is 2.56 bits per heavy atom. The summed E-state index contributed by atoms with van der Waals surface area (Å²) in [6.45, 7) is 3.03. The number of amides is 1. The second-order valence-corrected chi connectivity index (χ2v) is 6.81. The van der Waals surface area contributed by atoms with Crippen LogP contribution in [0.4, 0.5) is 11.4 Å². The minimum absolute atomic E-state index is 0.0798. The number of nitrogens with one attached hydrogen (secondary N) is 1. The summed E-state index contributed by atoms with van der Waals surface area (Å²) in [6.07, 6.45) is 2.19. The number of carbonyl (C=O) groups is 1. The fourth-order valence-electron chi connectivity index (χ4n) is 2.95. The molecular weight excluding hydrogens is 346 g/mol. The second kappa shape index (κ2) is 8.18. The number of methoxy groups -OCH3 is 1. The van der Waals surface area contributed by atoms with Gasteiger partial charge in [0.05, 0.1) is 30.3 Å². The summed E-state index contributed by atoms with van der Waals surface area (Å²) in [5.41, 5.74) is 2.73. The van der Waals surface area contributed by atoms with Crippen molar-refractivity contribution in [3.05, 3.63) is 63.7 Å². The molecule has 2 aromatic carbocycles. The van der Waals surface area contributed by atoms with Gasteiger partial charge in [-0.25, -0.2) is 0 Å². The molecular formula is C20H23N3O4. The van der Waals surface area contributed by atoms with E-state index in [9.17, 15) is 14.9 Å². The van der Waals surface area contributed by atoms with E-state index in [0.717, 1.165) is 19.4 Å². The van der Waals surface area contributed by atoms with E-state index in [1.54, 1.807) is 0 Å². The lowest BCUT2D eigenvalue weighted by molar-refractivity contribution is -0.384. The quantitative estimate of drug-likeness (QED) is 0.568. The summed E-state index contributed by atoms with van der Waals surface area (Å²) < 4.78 is 5.18. The summed E-state index contributed by atoms with van der Waals surface area (Å²) >= 11 is 0. The molecule has 0 bridgehead atoms. The Hall–Kier alpha value is -2.93. The van der Waals surface area contributed by atoms with Crippen molar-refractivity contribution in [1.82, 2.24) is 4.90 Å². The van der Waals surface area contributed by atoms with Crippen molar-refractivity contribution in [2.45, 2.75) is 32.4 Å². The molecule has 0 atom stereocenters. The van der Waals surface area contributed by atoms with Gasteiger partial charge < -0.3 is 10.1 Å². The van der Waals surface area contributed by atoms with Gasteiger partial charge in [-0.15, -0.1) is 0 Å². The number of aryl methyl sites for hydroxylation is 1. The number of hydrogen-bond acceptors (Lipinski definition) is 5. The van der Waals surface area contributed by atoms with Crippen LogP contribution in [0.2, 0.25) is 0 Å². The van der Waals surface area contributed by atoms with Crippen LogP contribution in [-0.2, 0) is 11.3 Å². The molecule has 0 saturated heterocycles. The maximum Gasteiger partial charge on any atom is 0.273 e. The van der Waals surface area contributed by atoms with Crippen LogP contribution in [0.25, 0.3) is 0 Å². The van der Waals surface area contributed by atoms with E-state index < -0.39 is 4.92 Å². The predicted octanol–water partition coefficient (Wildman–Crippen LogP) is 3.51. The summed E-state index contributed by atoms with van der Waals surface area (Å²) in [4.78, 5) is 25.1. The number of benzene rings is 2. The molecule has 1 amide bonds. The van der Waals surface area contributed by atoms with Crippen molar-refractivity contribution in [2.24, 2.45) is 0 Å². The van der Waals surface area contributed by atoms with Crippen LogP contribution >= 0.6 is 0 Å². The van der Waals surface area contributed by atoms with Crippen molar-refractivity contribution in [2.75, 3.05) is 19.0 Å². The molecule has 1 N–H and O–H groups in total. The van der Waals surface area contributed by atoms with Crippen LogP contribution < -0.4 is 10.1 Å². The molecule has 1 aliphatic rings. The Bertz CT molecular complexity index is 832. The van der Waals surface area contributed by atoms with Gasteiger partial charge in [0.15, 0.2) is 0 Å². The molecule has 0 aliphatic heterocycles. The van der Waals surface area contributed by atoms with E-state index in [-0.39, 0.29) is 23.9 Å². The van der Waals surface area contributed by atoms with E-state index >= 15 is 0 Å². The third kappa shape index (κ3) is 5.04. The largest absolute Gasteiger partial charge is 0.494 e. The van der Waals surface area contributed by atoms with E-state index in [1.165, 1.54) is 36.4 Å². The van der Waals surface area contributed by atoms with E-state index in [4.69, 9.17) is 4.74 Å². The molecule has 27 heavy (non-hydrogen) atoms. The second-order valence-electron chi connectivity index (χ2n) is 6.81. The van der Waals surface area contributed by atoms with Crippen molar-refractivity contribution in [3.63, 3.8) is 0 Å². The van der Waals surface area contributed by atoms with Crippen LogP contribution in [0.15, 0.2) is 42.5 Å². The van der Waals surface area contributed by atoms with Crippen LogP contribution in [0, 0.1) is 17.0 Å². The van der Waals surface area contributed by atoms with Gasteiger partial charge in [-0.1, -0.05) is 29.8 Å². The van der Waals surface area contributed by atoms with Crippen LogP contribution in [0.1, 0.15) is 24.0 Å². The third-order valence-electron chi connectivity index (χ3n) is 4.59. The minimum atomic E-state index is -0.496. The number of carbonyl (C=O) groups excluding carboxylic acids is 1. The van der Waals surface area contributed by atoms with E-state index in [0.29, 0.717) is 11.7 Å². The number of hydrogen-bond donors (Lipinski definition) is 1. The lowest BCUT2D eigenvalue weighted by Gasteiger charge is -2.22. The Balaban J connectivity index is 1.66. The van der Waals surface area contributed by atoms with Crippen molar-refractivity contribution < 1.29 is 14.5 Å². The molecule has 0 aromatic heterocycles. The van der Waals surface area contributed by atoms with Gasteiger partial charge in [-0.3, -0.25) is 19.8 Å². The van der Waals surface area contributed by atoms with Gasteiger partial charge >= 0.3 is 0 Å². The highest BCUT2D eigenvalue weighted by molar-refractivity contribution is 5.94. The molecule has 0 unspecified atom stereocenters. The lowest BCUT2D eigenvalue weighted by Crippen LogP contribution is -2.34. The Morgan fingerprint density at radius 1 is 1.26 bits per heavy atom. The predicted molar refractivity (Wildman–Crippen MR) is 103 cm³/mol. The first-order valence-corrected chi connectivity index (χ1v) is 8.88. The summed E-state index contributed by atoms with van der Waals surface area (Å²) in [5, 5.41) is 13.7. The van der Waals surface area contributed by atoms with Gasteiger partial charge in [0, 0.05) is 18.7 Å². The fraction of sp³-hybridized carbons (Fsp3) is 0.350. The highest BCUT2D eigenvalue weighted by atomic mass is 16.6. The number of anilines is 1. The highest BCUT2D eigenvalue weighted by Gasteiger charge is 2.30. The van der Waals surface area contributed by atoms with Gasteiger partial charge in [-0.2, -0.15) is 0 Å². The fourth-order valence-corrected chi connectivity index (χ4v) is 2.95. The molecule has 2 aromatic rings. The SMILES string of the molecule is COc1cc([N+](=O)[O-])ccc1NC(=O)CN(Cc1ccc(C)cc1)C1CC1. The Kier molecular flexibility index (Phi) is 5.71. The number of nitro benzene ring substituents is 1. The average molecular weight is 369 g/mol. The normalized spacial score (nSPS) is 13.4. The average Bonchev–Trinajstić information content (AvgIpc) is 3.48. The topological polar surface area (TPSA) is 84.7 Å². The smallest absolute Gasteiger partial charge is 0.273 e. The Morgan fingerprint density at radius 2 is 1.96 bits per heavy atom. The highest BCUT2D eigenvalue weighted by Crippen LogP contribution is 2.30. The molecule has 0 heterocycles. The first kappa shape index (κ1) is 18.8. The van der Waals surface area contributed by atoms with E-state index in [1.807, 2.05) is 6.92 Å². The first-order valence-electron chi connectivity index (χ1n) is 8.88.